The first-order chi connectivity index (χ1) is 16.0. The van der Waals surface area contributed by atoms with Gasteiger partial charge >= 0.3 is 0 Å². The molecule has 0 bridgehead atoms. The van der Waals surface area contributed by atoms with Gasteiger partial charge in [0.2, 0.25) is 0 Å². The SMILES string of the molecule is COc1ccc(C(O)=C2C(=O)C(=O)N(CC[NH+]3CC[NH2+]CC3)[C@@H]2c2ccc(OC)cc2)cc1. The van der Waals surface area contributed by atoms with Crippen LogP contribution in [-0.4, -0.2) is 75.2 Å². The van der Waals surface area contributed by atoms with Crippen molar-refractivity contribution < 1.29 is 34.4 Å². The van der Waals surface area contributed by atoms with Crippen LogP contribution in [0.5, 0.6) is 11.5 Å². The predicted octanol–water partition coefficient (Wildman–Crippen LogP) is -0.413. The Morgan fingerprint density at radius 1 is 1.00 bits per heavy atom. The maximum atomic E-state index is 13.1. The number of nitrogens with one attached hydrogen (secondary N) is 1. The van der Waals surface area contributed by atoms with Crippen LogP contribution < -0.4 is 19.7 Å². The number of amides is 1. The molecule has 2 aliphatic rings. The monoisotopic (exact) mass is 453 g/mol. The minimum atomic E-state index is -0.661. The molecule has 0 saturated carbocycles. The van der Waals surface area contributed by atoms with Gasteiger partial charge in [-0.15, -0.1) is 0 Å². The molecule has 0 spiro atoms. The summed E-state index contributed by atoms with van der Waals surface area (Å²) in [6.45, 7) is 5.39. The first kappa shape index (κ1) is 22.8. The summed E-state index contributed by atoms with van der Waals surface area (Å²) in [6.07, 6.45) is 0. The second-order valence-corrected chi connectivity index (χ2v) is 8.36. The summed E-state index contributed by atoms with van der Waals surface area (Å²) in [5.74, 6) is -0.0977. The standard InChI is InChI=1S/C25H29N3O5/c1-32-19-7-3-17(4-8-19)22-21(23(29)18-5-9-20(33-2)10-6-18)24(30)25(31)28(22)16-15-27-13-11-26-12-14-27/h3-10,22,26,29H,11-16H2,1-2H3/p+2/t22-/m1/s1. The zero-order valence-corrected chi connectivity index (χ0v) is 19.0. The molecule has 0 unspecified atom stereocenters. The quantitative estimate of drug-likeness (QED) is 0.301. The van der Waals surface area contributed by atoms with Crippen molar-refractivity contribution in [3.63, 3.8) is 0 Å². The molecule has 174 valence electrons. The molecule has 4 N–H and O–H groups in total. The predicted molar refractivity (Wildman–Crippen MR) is 122 cm³/mol. The number of hydrogen-bond donors (Lipinski definition) is 3. The number of quaternary nitrogens is 2. The minimum absolute atomic E-state index is 0.109. The Labute approximate surface area is 193 Å². The molecular formula is C25H31N3O5+2. The third-order valence-electron chi connectivity index (χ3n) is 6.45. The van der Waals surface area contributed by atoms with Crippen molar-refractivity contribution >= 4 is 17.4 Å². The zero-order chi connectivity index (χ0) is 23.4. The van der Waals surface area contributed by atoms with Gasteiger partial charge in [0.25, 0.3) is 11.7 Å². The molecule has 8 nitrogen and oxygen atoms in total. The number of benzene rings is 2. The highest BCUT2D eigenvalue weighted by Gasteiger charge is 2.46. The van der Waals surface area contributed by atoms with E-state index in [-0.39, 0.29) is 11.3 Å². The molecule has 2 saturated heterocycles. The van der Waals surface area contributed by atoms with Crippen LogP contribution in [0.1, 0.15) is 17.2 Å². The summed E-state index contributed by atoms with van der Waals surface area (Å²) < 4.78 is 10.5. The Kier molecular flexibility index (Phi) is 6.96. The number of likely N-dealkylation sites (tertiary alicyclic amines) is 1. The Bertz CT molecular complexity index is 1030. The lowest BCUT2D eigenvalue weighted by Gasteiger charge is -2.28. The molecule has 2 fully saturated rings. The average molecular weight is 454 g/mol. The highest BCUT2D eigenvalue weighted by molar-refractivity contribution is 6.46. The molecule has 4 rings (SSSR count). The maximum Gasteiger partial charge on any atom is 0.295 e. The Hall–Kier alpha value is -3.36. The molecule has 2 aromatic carbocycles. The number of ketones is 1. The number of nitrogens with two attached hydrogens (primary N) is 1. The van der Waals surface area contributed by atoms with Crippen LogP contribution >= 0.6 is 0 Å². The molecule has 1 amide bonds. The molecular weight excluding hydrogens is 422 g/mol. The number of nitrogens with zero attached hydrogens (tertiary/aromatic N) is 1. The second-order valence-electron chi connectivity index (χ2n) is 8.36. The molecule has 33 heavy (non-hydrogen) atoms. The Morgan fingerprint density at radius 3 is 2.15 bits per heavy atom. The highest BCUT2D eigenvalue weighted by atomic mass is 16.5. The Morgan fingerprint density at radius 2 is 1.58 bits per heavy atom. The first-order valence-corrected chi connectivity index (χ1v) is 11.3. The summed E-state index contributed by atoms with van der Waals surface area (Å²) in [4.78, 5) is 29.3. The van der Waals surface area contributed by atoms with E-state index in [1.54, 1.807) is 55.5 Å². The highest BCUT2D eigenvalue weighted by Crippen LogP contribution is 2.39. The van der Waals surface area contributed by atoms with E-state index in [1.807, 2.05) is 12.1 Å². The number of hydrogen-bond acceptors (Lipinski definition) is 5. The van der Waals surface area contributed by atoms with E-state index in [0.29, 0.717) is 23.6 Å². The van der Waals surface area contributed by atoms with Crippen LogP contribution in [0, 0.1) is 0 Å². The number of methoxy groups -OCH3 is 2. The zero-order valence-electron chi connectivity index (χ0n) is 19.0. The molecule has 2 heterocycles. The van der Waals surface area contributed by atoms with Gasteiger partial charge in [-0.3, -0.25) is 9.59 Å². The number of carbonyl (C=O) groups excluding carboxylic acids is 2. The van der Waals surface area contributed by atoms with E-state index in [0.717, 1.165) is 38.3 Å². The van der Waals surface area contributed by atoms with Crippen molar-refractivity contribution in [3.05, 3.63) is 65.2 Å². The van der Waals surface area contributed by atoms with Gasteiger partial charge in [0, 0.05) is 5.56 Å². The van der Waals surface area contributed by atoms with Gasteiger partial charge in [-0.25, -0.2) is 0 Å². The van der Waals surface area contributed by atoms with Gasteiger partial charge < -0.3 is 29.7 Å². The summed E-state index contributed by atoms with van der Waals surface area (Å²) in [6, 6.07) is 13.4. The summed E-state index contributed by atoms with van der Waals surface area (Å²) in [5.41, 5.74) is 1.33. The average Bonchev–Trinajstić information content (AvgIpc) is 3.12. The van der Waals surface area contributed by atoms with Crippen LogP contribution in [0.15, 0.2) is 54.1 Å². The lowest BCUT2D eigenvalue weighted by Crippen LogP contribution is -3.20. The van der Waals surface area contributed by atoms with Crippen LogP contribution in [0.3, 0.4) is 0 Å². The van der Waals surface area contributed by atoms with E-state index in [2.05, 4.69) is 5.32 Å². The number of ether oxygens (including phenoxy) is 2. The minimum Gasteiger partial charge on any atom is -0.507 e. The van der Waals surface area contributed by atoms with Crippen molar-refractivity contribution in [1.29, 1.82) is 0 Å². The molecule has 8 heteroatoms. The summed E-state index contributed by atoms with van der Waals surface area (Å²) >= 11 is 0. The third kappa shape index (κ3) is 4.72. The van der Waals surface area contributed by atoms with Crippen molar-refractivity contribution in [2.24, 2.45) is 0 Å². The number of Topliss-reactive ketones (excluding diaryl/α,β-unsaturated/α-hetero) is 1. The fourth-order valence-corrected chi connectivity index (χ4v) is 4.56. The fraction of sp³-hybridized carbons (Fsp3) is 0.360. The van der Waals surface area contributed by atoms with Crippen LogP contribution in [0.4, 0.5) is 0 Å². The molecule has 0 aliphatic carbocycles. The first-order valence-electron chi connectivity index (χ1n) is 11.3. The van der Waals surface area contributed by atoms with Gasteiger partial charge in [0.15, 0.2) is 0 Å². The van der Waals surface area contributed by atoms with E-state index < -0.39 is 17.7 Å². The van der Waals surface area contributed by atoms with Crippen molar-refractivity contribution in [2.75, 3.05) is 53.5 Å². The third-order valence-corrected chi connectivity index (χ3v) is 6.45. The number of carbonyl (C=O) groups is 2. The van der Waals surface area contributed by atoms with E-state index in [4.69, 9.17) is 9.47 Å². The smallest absolute Gasteiger partial charge is 0.295 e. The fourth-order valence-electron chi connectivity index (χ4n) is 4.56. The van der Waals surface area contributed by atoms with Crippen LogP contribution in [0.2, 0.25) is 0 Å². The number of piperazine rings is 1. The number of rotatable bonds is 7. The lowest BCUT2D eigenvalue weighted by molar-refractivity contribution is -0.946. The Balaban J connectivity index is 1.72. The molecule has 0 aromatic heterocycles. The topological polar surface area (TPSA) is 97.1 Å². The molecule has 2 aliphatic heterocycles. The van der Waals surface area contributed by atoms with Gasteiger partial charge in [0.05, 0.1) is 38.9 Å². The number of aliphatic hydroxyl groups is 1. The van der Waals surface area contributed by atoms with Crippen molar-refractivity contribution in [3.8, 4) is 11.5 Å². The maximum absolute atomic E-state index is 13.1. The van der Waals surface area contributed by atoms with Gasteiger partial charge in [-0.2, -0.15) is 0 Å². The van der Waals surface area contributed by atoms with E-state index >= 15 is 0 Å². The largest absolute Gasteiger partial charge is 0.507 e. The normalized spacial score (nSPS) is 20.8. The van der Waals surface area contributed by atoms with Gasteiger partial charge in [-0.05, 0) is 42.0 Å². The van der Waals surface area contributed by atoms with E-state index in [1.165, 1.54) is 4.90 Å². The summed E-state index contributed by atoms with van der Waals surface area (Å²) in [5, 5.41) is 13.4. The molecule has 0 radical (unpaired) electrons. The van der Waals surface area contributed by atoms with Gasteiger partial charge in [0.1, 0.15) is 43.4 Å². The van der Waals surface area contributed by atoms with Crippen LogP contribution in [-0.2, 0) is 9.59 Å². The molecule has 2 aromatic rings. The lowest BCUT2D eigenvalue weighted by atomic mass is 9.95. The van der Waals surface area contributed by atoms with Crippen LogP contribution in [0.25, 0.3) is 5.76 Å². The van der Waals surface area contributed by atoms with Crippen molar-refractivity contribution in [2.45, 2.75) is 6.04 Å². The van der Waals surface area contributed by atoms with Gasteiger partial charge in [-0.1, -0.05) is 12.1 Å². The number of aliphatic hydroxyl groups excluding tert-OH is 1. The summed E-state index contributed by atoms with van der Waals surface area (Å²) in [7, 11) is 3.15. The van der Waals surface area contributed by atoms with E-state index in [9.17, 15) is 14.7 Å². The molecule has 1 atom stereocenters. The van der Waals surface area contributed by atoms with Crippen molar-refractivity contribution in [1.82, 2.24) is 4.90 Å². The second kappa shape index (κ2) is 10.1.